The van der Waals surface area contributed by atoms with Crippen molar-refractivity contribution in [1.82, 2.24) is 14.9 Å². The zero-order valence-electron chi connectivity index (χ0n) is 12.6. The highest BCUT2D eigenvalue weighted by Crippen LogP contribution is 2.24. The largest absolute Gasteiger partial charge is 0.474 e. The van der Waals surface area contributed by atoms with E-state index in [2.05, 4.69) is 34.0 Å². The van der Waals surface area contributed by atoms with E-state index in [0.29, 0.717) is 30.6 Å². The molecule has 0 aliphatic carbocycles. The van der Waals surface area contributed by atoms with E-state index in [0.717, 1.165) is 26.2 Å². The summed E-state index contributed by atoms with van der Waals surface area (Å²) in [7, 11) is 1.62. The van der Waals surface area contributed by atoms with Crippen molar-refractivity contribution >= 4 is 11.5 Å². The lowest BCUT2D eigenvalue weighted by atomic mass is 10.4. The smallest absolute Gasteiger partial charge is 0.242 e. The molecule has 7 nitrogen and oxygen atoms in total. The molecule has 0 atom stereocenters. The molecule has 20 heavy (non-hydrogen) atoms. The molecule has 0 radical (unpaired) electrons. The number of hydrogen-bond acceptors (Lipinski definition) is 7. The minimum Gasteiger partial charge on any atom is -0.474 e. The maximum absolute atomic E-state index is 5.98. The van der Waals surface area contributed by atoms with Gasteiger partial charge in [-0.1, -0.05) is 13.8 Å². The highest BCUT2D eigenvalue weighted by Gasteiger charge is 2.09. The molecular weight excluding hydrogens is 258 g/mol. The lowest BCUT2D eigenvalue weighted by Gasteiger charge is -2.18. The zero-order chi connectivity index (χ0) is 14.8. The number of aromatic nitrogens is 2. The molecular formula is C13H25N5O2. The number of nitrogens with two attached hydrogens (primary N) is 1. The van der Waals surface area contributed by atoms with Crippen molar-refractivity contribution in [3.05, 3.63) is 6.33 Å². The first-order valence-corrected chi connectivity index (χ1v) is 6.91. The Hall–Kier alpha value is -1.60. The lowest BCUT2D eigenvalue weighted by molar-refractivity contribution is 0.144. The first kappa shape index (κ1) is 16.5. The van der Waals surface area contributed by atoms with E-state index >= 15 is 0 Å². The number of likely N-dealkylation sites (N-methyl/N-ethyl adjacent to an activating group) is 1. The van der Waals surface area contributed by atoms with Crippen LogP contribution in [-0.2, 0) is 4.74 Å². The Balaban J connectivity index is 2.51. The van der Waals surface area contributed by atoms with Crippen LogP contribution in [0, 0.1) is 0 Å². The molecule has 0 aliphatic heterocycles. The van der Waals surface area contributed by atoms with Crippen LogP contribution >= 0.6 is 0 Å². The van der Waals surface area contributed by atoms with Crippen molar-refractivity contribution in [2.45, 2.75) is 13.8 Å². The standard InChI is InChI=1S/C13H25N5O2/c1-4-18(5-2)7-6-15-12-11(14)13(17-10-16-12)20-9-8-19-3/h10H,4-9,14H2,1-3H3,(H,15,16,17). The average molecular weight is 283 g/mol. The molecule has 1 aromatic rings. The summed E-state index contributed by atoms with van der Waals surface area (Å²) < 4.78 is 10.4. The minimum absolute atomic E-state index is 0.391. The van der Waals surface area contributed by atoms with E-state index in [1.54, 1.807) is 7.11 Å². The van der Waals surface area contributed by atoms with Crippen molar-refractivity contribution in [2.24, 2.45) is 0 Å². The molecule has 7 heteroatoms. The summed E-state index contributed by atoms with van der Waals surface area (Å²) in [5.74, 6) is 1.00. The Morgan fingerprint density at radius 3 is 2.65 bits per heavy atom. The summed E-state index contributed by atoms with van der Waals surface area (Å²) in [5, 5.41) is 3.21. The molecule has 114 valence electrons. The van der Waals surface area contributed by atoms with Crippen molar-refractivity contribution in [2.75, 3.05) is 57.6 Å². The number of anilines is 2. The Bertz CT molecular complexity index is 385. The molecule has 3 N–H and O–H groups in total. The number of ether oxygens (including phenoxy) is 2. The highest BCUT2D eigenvalue weighted by molar-refractivity contribution is 5.66. The molecule has 0 aromatic carbocycles. The maximum atomic E-state index is 5.98. The summed E-state index contributed by atoms with van der Waals surface area (Å²) in [5.41, 5.74) is 6.41. The summed E-state index contributed by atoms with van der Waals surface area (Å²) in [6, 6.07) is 0. The topological polar surface area (TPSA) is 85.5 Å². The molecule has 1 rings (SSSR count). The number of methoxy groups -OCH3 is 1. The molecule has 0 unspecified atom stereocenters. The molecule has 1 aromatic heterocycles. The SMILES string of the molecule is CCN(CC)CCNc1ncnc(OCCOC)c1N. The maximum Gasteiger partial charge on any atom is 0.242 e. The van der Waals surface area contributed by atoms with Crippen molar-refractivity contribution in [1.29, 1.82) is 0 Å². The van der Waals surface area contributed by atoms with Crippen molar-refractivity contribution in [3.8, 4) is 5.88 Å². The Kier molecular flexibility index (Phi) is 7.67. The van der Waals surface area contributed by atoms with Crippen LogP contribution in [0.2, 0.25) is 0 Å². The van der Waals surface area contributed by atoms with E-state index in [9.17, 15) is 0 Å². The predicted octanol–water partition coefficient (Wildman–Crippen LogP) is 0.838. The van der Waals surface area contributed by atoms with E-state index in [4.69, 9.17) is 15.2 Å². The number of hydrogen-bond donors (Lipinski definition) is 2. The summed E-state index contributed by atoms with van der Waals surface area (Å²) >= 11 is 0. The summed E-state index contributed by atoms with van der Waals surface area (Å²) in [6.07, 6.45) is 1.44. The van der Waals surface area contributed by atoms with E-state index < -0.39 is 0 Å². The van der Waals surface area contributed by atoms with E-state index in [1.165, 1.54) is 6.33 Å². The fraction of sp³-hybridized carbons (Fsp3) is 0.692. The van der Waals surface area contributed by atoms with Crippen LogP contribution < -0.4 is 15.8 Å². The highest BCUT2D eigenvalue weighted by atomic mass is 16.5. The minimum atomic E-state index is 0.391. The molecule has 0 spiro atoms. The van der Waals surface area contributed by atoms with Crippen LogP contribution in [0.5, 0.6) is 5.88 Å². The normalized spacial score (nSPS) is 10.8. The predicted molar refractivity (Wildman–Crippen MR) is 80.1 cm³/mol. The van der Waals surface area contributed by atoms with Gasteiger partial charge in [-0.15, -0.1) is 0 Å². The third kappa shape index (κ3) is 5.18. The van der Waals surface area contributed by atoms with Crippen LogP contribution in [0.3, 0.4) is 0 Å². The van der Waals surface area contributed by atoms with Crippen LogP contribution in [-0.4, -0.2) is 61.4 Å². The monoisotopic (exact) mass is 283 g/mol. The Labute approximate surface area is 120 Å². The molecule has 0 bridgehead atoms. The van der Waals surface area contributed by atoms with Gasteiger partial charge in [0, 0.05) is 20.2 Å². The van der Waals surface area contributed by atoms with Gasteiger partial charge >= 0.3 is 0 Å². The fourth-order valence-electron chi connectivity index (χ4n) is 1.73. The van der Waals surface area contributed by atoms with Crippen molar-refractivity contribution in [3.63, 3.8) is 0 Å². The van der Waals surface area contributed by atoms with Crippen LogP contribution in [0.4, 0.5) is 11.5 Å². The second-order valence-electron chi connectivity index (χ2n) is 4.24. The molecule has 0 aliphatic rings. The summed E-state index contributed by atoms with van der Waals surface area (Å²) in [4.78, 5) is 10.5. The number of nitrogen functional groups attached to an aromatic ring is 1. The summed E-state index contributed by atoms with van der Waals surface area (Å²) in [6.45, 7) is 8.97. The van der Waals surface area contributed by atoms with Gasteiger partial charge < -0.3 is 25.4 Å². The number of nitrogens with one attached hydrogen (secondary N) is 1. The van der Waals surface area contributed by atoms with Crippen LogP contribution in [0.15, 0.2) is 6.33 Å². The van der Waals surface area contributed by atoms with Crippen molar-refractivity contribution < 1.29 is 9.47 Å². The van der Waals surface area contributed by atoms with Gasteiger partial charge in [0.1, 0.15) is 18.6 Å². The lowest BCUT2D eigenvalue weighted by Crippen LogP contribution is -2.29. The first-order chi connectivity index (χ1) is 9.72. The van der Waals surface area contributed by atoms with Crippen LogP contribution in [0.1, 0.15) is 13.8 Å². The van der Waals surface area contributed by atoms with E-state index in [1.807, 2.05) is 0 Å². The van der Waals surface area contributed by atoms with Gasteiger partial charge in [0.25, 0.3) is 0 Å². The molecule has 0 saturated carbocycles. The third-order valence-corrected chi connectivity index (χ3v) is 2.99. The van der Waals surface area contributed by atoms with Gasteiger partial charge in [-0.05, 0) is 13.1 Å². The first-order valence-electron chi connectivity index (χ1n) is 6.91. The number of rotatable bonds is 10. The van der Waals surface area contributed by atoms with Gasteiger partial charge in [0.05, 0.1) is 6.61 Å². The Morgan fingerprint density at radius 2 is 2.00 bits per heavy atom. The Morgan fingerprint density at radius 1 is 1.25 bits per heavy atom. The quantitative estimate of drug-likeness (QED) is 0.615. The fourth-order valence-corrected chi connectivity index (χ4v) is 1.73. The van der Waals surface area contributed by atoms with Gasteiger partial charge in [0.2, 0.25) is 5.88 Å². The molecule has 0 saturated heterocycles. The van der Waals surface area contributed by atoms with Gasteiger partial charge in [0.15, 0.2) is 5.82 Å². The molecule has 1 heterocycles. The van der Waals surface area contributed by atoms with Crippen LogP contribution in [0.25, 0.3) is 0 Å². The second-order valence-corrected chi connectivity index (χ2v) is 4.24. The molecule has 0 amide bonds. The second kappa shape index (κ2) is 9.33. The van der Waals surface area contributed by atoms with Gasteiger partial charge in [-0.3, -0.25) is 0 Å². The van der Waals surface area contributed by atoms with Gasteiger partial charge in [-0.25, -0.2) is 4.98 Å². The zero-order valence-corrected chi connectivity index (χ0v) is 12.6. The van der Waals surface area contributed by atoms with E-state index in [-0.39, 0.29) is 0 Å². The average Bonchev–Trinajstić information content (AvgIpc) is 2.47. The molecule has 0 fully saturated rings. The number of nitrogens with zero attached hydrogens (tertiary/aromatic N) is 3. The third-order valence-electron chi connectivity index (χ3n) is 2.99. The van der Waals surface area contributed by atoms with Gasteiger partial charge in [-0.2, -0.15) is 4.98 Å².